The highest BCUT2D eigenvalue weighted by atomic mass is 35.5. The molecule has 0 aliphatic heterocycles. The molecule has 0 radical (unpaired) electrons. The second-order valence-electron chi connectivity index (χ2n) is 5.85. The van der Waals surface area contributed by atoms with Crippen LogP contribution in [-0.4, -0.2) is 31.1 Å². The van der Waals surface area contributed by atoms with E-state index < -0.39 is 0 Å². The summed E-state index contributed by atoms with van der Waals surface area (Å²) in [5.41, 5.74) is 2.25. The van der Waals surface area contributed by atoms with Crippen molar-refractivity contribution in [1.29, 1.82) is 0 Å². The first-order valence-electron chi connectivity index (χ1n) is 8.37. The fraction of sp³-hybridized carbons (Fsp3) is 0.350. The largest absolute Gasteiger partial charge is 0.489 e. The maximum absolute atomic E-state index is 11.4. The van der Waals surface area contributed by atoms with Crippen LogP contribution in [0, 0.1) is 0 Å². The van der Waals surface area contributed by atoms with Crippen LogP contribution in [-0.2, 0) is 22.7 Å². The Morgan fingerprint density at radius 3 is 2.32 bits per heavy atom. The first-order valence-corrected chi connectivity index (χ1v) is 8.75. The Morgan fingerprint density at radius 2 is 1.68 bits per heavy atom. The first kappa shape index (κ1) is 19.3. The van der Waals surface area contributed by atoms with Crippen molar-refractivity contribution < 1.29 is 14.3 Å². The Balaban J connectivity index is 1.77. The molecule has 0 heterocycles. The molecule has 0 aliphatic carbocycles. The predicted octanol–water partition coefficient (Wildman–Crippen LogP) is 4.30. The fourth-order valence-corrected chi connectivity index (χ4v) is 2.47. The van der Waals surface area contributed by atoms with Gasteiger partial charge in [0.1, 0.15) is 12.4 Å². The molecule has 0 spiro atoms. The summed E-state index contributed by atoms with van der Waals surface area (Å²) in [6.45, 7) is 4.21. The number of rotatable bonds is 9. The van der Waals surface area contributed by atoms with E-state index in [2.05, 4.69) is 4.90 Å². The molecule has 0 saturated heterocycles. The van der Waals surface area contributed by atoms with Crippen molar-refractivity contribution in [3.05, 3.63) is 64.7 Å². The van der Waals surface area contributed by atoms with E-state index in [0.29, 0.717) is 26.2 Å². The molecule has 0 aromatic heterocycles. The van der Waals surface area contributed by atoms with Crippen molar-refractivity contribution in [1.82, 2.24) is 4.90 Å². The van der Waals surface area contributed by atoms with Gasteiger partial charge in [0.15, 0.2) is 0 Å². The van der Waals surface area contributed by atoms with Gasteiger partial charge < -0.3 is 14.4 Å². The summed E-state index contributed by atoms with van der Waals surface area (Å²) in [6, 6.07) is 15.6. The molecular formula is C20H24ClNO3. The molecule has 0 amide bonds. The number of hydrogen-bond donors (Lipinski definition) is 0. The zero-order valence-corrected chi connectivity index (χ0v) is 15.5. The molecule has 0 unspecified atom stereocenters. The van der Waals surface area contributed by atoms with Gasteiger partial charge in [0.05, 0.1) is 13.0 Å². The Hall–Kier alpha value is -2.04. The van der Waals surface area contributed by atoms with Crippen LogP contribution in [0.15, 0.2) is 48.5 Å². The number of halogens is 1. The lowest BCUT2D eigenvalue weighted by atomic mass is 10.2. The quantitative estimate of drug-likeness (QED) is 0.624. The molecule has 0 aliphatic rings. The number of ether oxygens (including phenoxy) is 2. The predicted molar refractivity (Wildman–Crippen MR) is 99.8 cm³/mol. The molecule has 0 bridgehead atoms. The van der Waals surface area contributed by atoms with Gasteiger partial charge in [0.2, 0.25) is 0 Å². The standard InChI is InChI=1S/C20H24ClNO3/c1-3-24-20(23)12-13-22(2)14-16-6-10-19(11-7-16)25-15-17-4-8-18(21)9-5-17/h4-11H,3,12-15H2,1-2H3. The van der Waals surface area contributed by atoms with Crippen LogP contribution < -0.4 is 4.74 Å². The van der Waals surface area contributed by atoms with Gasteiger partial charge >= 0.3 is 5.97 Å². The van der Waals surface area contributed by atoms with E-state index in [4.69, 9.17) is 21.1 Å². The molecule has 0 N–H and O–H groups in total. The molecular weight excluding hydrogens is 338 g/mol. The summed E-state index contributed by atoms with van der Waals surface area (Å²) in [4.78, 5) is 13.5. The smallest absolute Gasteiger partial charge is 0.307 e. The number of carbonyl (C=O) groups is 1. The van der Waals surface area contributed by atoms with Gasteiger partial charge in [-0.25, -0.2) is 0 Å². The molecule has 2 aromatic rings. The van der Waals surface area contributed by atoms with Crippen LogP contribution in [0.3, 0.4) is 0 Å². The van der Waals surface area contributed by atoms with Gasteiger partial charge in [0.25, 0.3) is 0 Å². The molecule has 4 nitrogen and oxygen atoms in total. The lowest BCUT2D eigenvalue weighted by Crippen LogP contribution is -2.22. The lowest BCUT2D eigenvalue weighted by Gasteiger charge is -2.16. The van der Waals surface area contributed by atoms with Gasteiger partial charge in [-0.15, -0.1) is 0 Å². The molecule has 25 heavy (non-hydrogen) atoms. The Morgan fingerprint density at radius 1 is 1.04 bits per heavy atom. The van der Waals surface area contributed by atoms with Gasteiger partial charge in [-0.2, -0.15) is 0 Å². The average Bonchev–Trinajstić information content (AvgIpc) is 2.61. The highest BCUT2D eigenvalue weighted by Crippen LogP contribution is 2.16. The van der Waals surface area contributed by atoms with Crippen molar-refractivity contribution in [2.75, 3.05) is 20.2 Å². The fourth-order valence-electron chi connectivity index (χ4n) is 2.34. The number of hydrogen-bond acceptors (Lipinski definition) is 4. The second kappa shape index (κ2) is 10.1. The Labute approximate surface area is 154 Å². The van der Waals surface area contributed by atoms with Gasteiger partial charge in [-0.05, 0) is 49.4 Å². The summed E-state index contributed by atoms with van der Waals surface area (Å²) >= 11 is 5.87. The maximum Gasteiger partial charge on any atom is 0.307 e. The van der Waals surface area contributed by atoms with Gasteiger partial charge in [0, 0.05) is 18.1 Å². The Bertz CT molecular complexity index is 656. The minimum Gasteiger partial charge on any atom is -0.489 e. The van der Waals surface area contributed by atoms with Crippen molar-refractivity contribution >= 4 is 17.6 Å². The summed E-state index contributed by atoms with van der Waals surface area (Å²) in [6.07, 6.45) is 0.409. The van der Waals surface area contributed by atoms with Crippen molar-refractivity contribution in [3.63, 3.8) is 0 Å². The van der Waals surface area contributed by atoms with E-state index in [-0.39, 0.29) is 5.97 Å². The van der Waals surface area contributed by atoms with Gasteiger partial charge in [-0.3, -0.25) is 4.79 Å². The first-order chi connectivity index (χ1) is 12.1. The maximum atomic E-state index is 11.4. The average molecular weight is 362 g/mol. The third kappa shape index (κ3) is 7.16. The number of benzene rings is 2. The van der Waals surface area contributed by atoms with Crippen molar-refractivity contribution in [2.45, 2.75) is 26.5 Å². The molecule has 134 valence electrons. The van der Waals surface area contributed by atoms with Crippen LogP contribution >= 0.6 is 11.6 Å². The topological polar surface area (TPSA) is 38.8 Å². The van der Waals surface area contributed by atoms with E-state index >= 15 is 0 Å². The lowest BCUT2D eigenvalue weighted by molar-refractivity contribution is -0.143. The third-order valence-electron chi connectivity index (χ3n) is 3.70. The van der Waals surface area contributed by atoms with E-state index in [0.717, 1.165) is 22.9 Å². The summed E-state index contributed by atoms with van der Waals surface area (Å²) in [5.74, 6) is 0.674. The van der Waals surface area contributed by atoms with Crippen LogP contribution in [0.1, 0.15) is 24.5 Å². The highest BCUT2D eigenvalue weighted by Gasteiger charge is 2.06. The summed E-state index contributed by atoms with van der Waals surface area (Å²) < 4.78 is 10.7. The zero-order valence-electron chi connectivity index (χ0n) is 14.7. The van der Waals surface area contributed by atoms with Crippen LogP contribution in [0.2, 0.25) is 5.02 Å². The van der Waals surface area contributed by atoms with Crippen LogP contribution in [0.25, 0.3) is 0 Å². The summed E-state index contributed by atoms with van der Waals surface area (Å²) in [5, 5.41) is 0.722. The monoisotopic (exact) mass is 361 g/mol. The second-order valence-corrected chi connectivity index (χ2v) is 6.29. The molecule has 0 fully saturated rings. The van der Waals surface area contributed by atoms with E-state index in [1.165, 1.54) is 5.56 Å². The van der Waals surface area contributed by atoms with E-state index in [1.807, 2.05) is 62.5 Å². The van der Waals surface area contributed by atoms with E-state index in [9.17, 15) is 4.79 Å². The summed E-state index contributed by atoms with van der Waals surface area (Å²) in [7, 11) is 1.99. The normalized spacial score (nSPS) is 10.7. The highest BCUT2D eigenvalue weighted by molar-refractivity contribution is 6.30. The molecule has 0 atom stereocenters. The van der Waals surface area contributed by atoms with Gasteiger partial charge in [-0.1, -0.05) is 35.9 Å². The van der Waals surface area contributed by atoms with Crippen molar-refractivity contribution in [2.24, 2.45) is 0 Å². The molecule has 2 aromatic carbocycles. The molecule has 2 rings (SSSR count). The zero-order chi connectivity index (χ0) is 18.1. The van der Waals surface area contributed by atoms with Crippen LogP contribution in [0.4, 0.5) is 0 Å². The SMILES string of the molecule is CCOC(=O)CCN(C)Cc1ccc(OCc2ccc(Cl)cc2)cc1. The minimum atomic E-state index is -0.153. The third-order valence-corrected chi connectivity index (χ3v) is 3.95. The minimum absolute atomic E-state index is 0.153. The number of nitrogens with zero attached hydrogens (tertiary/aromatic N) is 1. The molecule has 0 saturated carbocycles. The van der Waals surface area contributed by atoms with Crippen LogP contribution in [0.5, 0.6) is 5.75 Å². The number of esters is 1. The van der Waals surface area contributed by atoms with Crippen molar-refractivity contribution in [3.8, 4) is 5.75 Å². The molecule has 5 heteroatoms. The number of carbonyl (C=O) groups excluding carboxylic acids is 1. The Kier molecular flexibility index (Phi) is 7.76. The van der Waals surface area contributed by atoms with E-state index in [1.54, 1.807) is 0 Å².